The van der Waals surface area contributed by atoms with E-state index in [0.717, 1.165) is 11.4 Å². The molecule has 0 unspecified atom stereocenters. The van der Waals surface area contributed by atoms with Crippen molar-refractivity contribution in [3.8, 4) is 0 Å². The van der Waals surface area contributed by atoms with E-state index in [0.29, 0.717) is 0 Å². The number of hydrogen-bond donors (Lipinski definition) is 0. The fourth-order valence-corrected chi connectivity index (χ4v) is 1.97. The highest BCUT2D eigenvalue weighted by molar-refractivity contribution is 9.24. The van der Waals surface area contributed by atoms with E-state index in [1.165, 1.54) is 5.56 Å². The van der Waals surface area contributed by atoms with Crippen LogP contribution in [-0.2, 0) is 10.8 Å². The summed E-state index contributed by atoms with van der Waals surface area (Å²) in [5.74, 6) is 0. The van der Waals surface area contributed by atoms with Crippen LogP contribution >= 0.6 is 31.9 Å². The van der Waals surface area contributed by atoms with Gasteiger partial charge in [-0.1, -0.05) is 73.4 Å². The lowest BCUT2D eigenvalue weighted by atomic mass is 9.87. The van der Waals surface area contributed by atoms with Gasteiger partial charge in [-0.2, -0.15) is 0 Å². The lowest BCUT2D eigenvalue weighted by Crippen LogP contribution is -2.20. The summed E-state index contributed by atoms with van der Waals surface area (Å²) in [7, 11) is 0. The quantitative estimate of drug-likeness (QED) is 0.604. The first-order valence-corrected chi connectivity index (χ1v) is 7.66. The molecule has 0 radical (unpaired) electrons. The highest BCUT2D eigenvalue weighted by Gasteiger charge is 2.23. The van der Waals surface area contributed by atoms with Gasteiger partial charge in [0, 0.05) is 22.2 Å². The summed E-state index contributed by atoms with van der Waals surface area (Å²) in [5.41, 5.74) is 3.66. The molecule has 1 aromatic rings. The fourth-order valence-electron chi connectivity index (χ4n) is 1.45. The van der Waals surface area contributed by atoms with Gasteiger partial charge in [-0.25, -0.2) is 0 Å². The fraction of sp³-hybridized carbons (Fsp3) is 0.643. The number of rotatable bonds is 1. The molecule has 0 amide bonds. The summed E-state index contributed by atoms with van der Waals surface area (Å²) < 4.78 is 0.181. The van der Waals surface area contributed by atoms with E-state index in [-0.39, 0.29) is 14.6 Å². The molecular weight excluding hydrogens is 342 g/mol. The molecule has 0 aromatic carbocycles. The third kappa shape index (κ3) is 4.06. The minimum atomic E-state index is 0.0743. The second-order valence-electron chi connectivity index (χ2n) is 6.47. The van der Waals surface area contributed by atoms with E-state index >= 15 is 0 Å². The molecule has 1 heterocycles. The topological polar surface area (TPSA) is 12.9 Å². The van der Waals surface area contributed by atoms with E-state index in [1.807, 2.05) is 0 Å². The second-order valence-corrected chi connectivity index (χ2v) is 9.53. The lowest BCUT2D eigenvalue weighted by Gasteiger charge is -2.25. The summed E-state index contributed by atoms with van der Waals surface area (Å²) in [6, 6.07) is 4.34. The largest absolute Gasteiger partial charge is 0.257 e. The first-order valence-electron chi connectivity index (χ1n) is 5.83. The van der Waals surface area contributed by atoms with Crippen molar-refractivity contribution < 1.29 is 0 Å². The summed E-state index contributed by atoms with van der Waals surface area (Å²) in [4.78, 5) is 4.82. The molecule has 0 N–H and O–H groups in total. The highest BCUT2D eigenvalue weighted by Crippen LogP contribution is 2.34. The van der Waals surface area contributed by atoms with Crippen LogP contribution in [0.5, 0.6) is 0 Å². The Morgan fingerprint density at radius 3 is 1.47 bits per heavy atom. The van der Waals surface area contributed by atoms with Gasteiger partial charge in [0.2, 0.25) is 0 Å². The van der Waals surface area contributed by atoms with E-state index in [4.69, 9.17) is 4.98 Å². The number of halogens is 2. The van der Waals surface area contributed by atoms with E-state index in [1.54, 1.807) is 0 Å². The Morgan fingerprint density at radius 2 is 1.24 bits per heavy atom. The first-order chi connectivity index (χ1) is 7.51. The molecule has 0 saturated carbocycles. The van der Waals surface area contributed by atoms with Crippen molar-refractivity contribution in [3.05, 3.63) is 29.1 Å². The molecule has 3 heteroatoms. The van der Waals surface area contributed by atoms with Crippen molar-refractivity contribution in [2.45, 2.75) is 56.1 Å². The Balaban J connectivity index is 3.40. The maximum atomic E-state index is 4.82. The molecule has 1 nitrogen and oxygen atoms in total. The molecule has 96 valence electrons. The third-order valence-electron chi connectivity index (χ3n) is 2.64. The summed E-state index contributed by atoms with van der Waals surface area (Å²) in [5, 5.41) is 0. The van der Waals surface area contributed by atoms with Crippen molar-refractivity contribution in [1.29, 1.82) is 0 Å². The minimum absolute atomic E-state index is 0.0743. The van der Waals surface area contributed by atoms with E-state index in [9.17, 15) is 0 Å². The van der Waals surface area contributed by atoms with Crippen molar-refractivity contribution >= 4 is 31.9 Å². The summed E-state index contributed by atoms with van der Waals surface area (Å²) in [6.07, 6.45) is 0. The molecule has 0 aliphatic carbocycles. The molecule has 1 rings (SSSR count). The average molecular weight is 363 g/mol. The van der Waals surface area contributed by atoms with Crippen LogP contribution in [0.3, 0.4) is 0 Å². The van der Waals surface area contributed by atoms with Gasteiger partial charge in [-0.15, -0.1) is 0 Å². The van der Waals surface area contributed by atoms with Crippen LogP contribution in [0.1, 0.15) is 62.2 Å². The van der Waals surface area contributed by atoms with E-state index in [2.05, 4.69) is 85.5 Å². The van der Waals surface area contributed by atoms with Gasteiger partial charge in [0.15, 0.2) is 0 Å². The number of pyridine rings is 1. The third-order valence-corrected chi connectivity index (χ3v) is 3.69. The number of alkyl halides is 2. The van der Waals surface area contributed by atoms with Gasteiger partial charge in [0.1, 0.15) is 0 Å². The minimum Gasteiger partial charge on any atom is -0.257 e. The predicted molar refractivity (Wildman–Crippen MR) is 82.2 cm³/mol. The zero-order chi connectivity index (χ0) is 13.4. The van der Waals surface area contributed by atoms with Crippen molar-refractivity contribution in [2.24, 2.45) is 0 Å². The number of nitrogens with zero attached hydrogens (tertiary/aromatic N) is 1. The molecule has 0 atom stereocenters. The van der Waals surface area contributed by atoms with Gasteiger partial charge < -0.3 is 0 Å². The maximum Gasteiger partial charge on any atom is 0.0947 e. The Hall–Kier alpha value is 0.110. The van der Waals surface area contributed by atoms with Gasteiger partial charge in [0.05, 0.1) is 3.74 Å². The Morgan fingerprint density at radius 1 is 0.882 bits per heavy atom. The first kappa shape index (κ1) is 15.2. The van der Waals surface area contributed by atoms with Crippen LogP contribution < -0.4 is 0 Å². The normalized spacial score (nSPS) is 13.2. The lowest BCUT2D eigenvalue weighted by molar-refractivity contribution is 0.530. The van der Waals surface area contributed by atoms with Gasteiger partial charge >= 0.3 is 0 Å². The number of hydrogen-bond acceptors (Lipinski definition) is 1. The number of aromatic nitrogens is 1. The second kappa shape index (κ2) is 5.00. The Labute approximate surface area is 122 Å². The highest BCUT2D eigenvalue weighted by atomic mass is 79.9. The molecule has 17 heavy (non-hydrogen) atoms. The van der Waals surface area contributed by atoms with Crippen molar-refractivity contribution in [1.82, 2.24) is 4.98 Å². The Kier molecular flexibility index (Phi) is 4.47. The molecule has 0 bridgehead atoms. The molecule has 0 fully saturated rings. The van der Waals surface area contributed by atoms with Crippen LogP contribution in [0.15, 0.2) is 12.1 Å². The smallest absolute Gasteiger partial charge is 0.0947 e. The molecule has 0 spiro atoms. The zero-order valence-electron chi connectivity index (χ0n) is 11.4. The zero-order valence-corrected chi connectivity index (χ0v) is 14.6. The van der Waals surface area contributed by atoms with E-state index < -0.39 is 0 Å². The SMILES string of the molecule is CC(C)(C)c1cc(C(Br)Br)cc(C(C)(C)C)n1. The van der Waals surface area contributed by atoms with Crippen LogP contribution in [0.4, 0.5) is 0 Å². The van der Waals surface area contributed by atoms with Crippen LogP contribution in [0.2, 0.25) is 0 Å². The van der Waals surface area contributed by atoms with Gasteiger partial charge in [-0.05, 0) is 17.7 Å². The van der Waals surface area contributed by atoms with Gasteiger partial charge in [0.25, 0.3) is 0 Å². The van der Waals surface area contributed by atoms with Crippen LogP contribution in [-0.4, -0.2) is 4.98 Å². The molecule has 0 saturated heterocycles. The summed E-state index contributed by atoms with van der Waals surface area (Å²) >= 11 is 7.15. The standard InChI is InChI=1S/C14H21Br2N/c1-13(2,3)10-7-9(12(15)16)8-11(17-10)14(4,5)6/h7-8,12H,1-6H3. The molecule has 0 aliphatic heterocycles. The van der Waals surface area contributed by atoms with Gasteiger partial charge in [-0.3, -0.25) is 4.98 Å². The van der Waals surface area contributed by atoms with Crippen molar-refractivity contribution in [3.63, 3.8) is 0 Å². The average Bonchev–Trinajstić information content (AvgIpc) is 2.14. The molecule has 1 aromatic heterocycles. The predicted octanol–water partition coefficient (Wildman–Crippen LogP) is 5.47. The Bertz CT molecular complexity index is 365. The van der Waals surface area contributed by atoms with Crippen LogP contribution in [0.25, 0.3) is 0 Å². The summed E-state index contributed by atoms with van der Waals surface area (Å²) in [6.45, 7) is 13.2. The van der Waals surface area contributed by atoms with Crippen molar-refractivity contribution in [2.75, 3.05) is 0 Å². The monoisotopic (exact) mass is 361 g/mol. The van der Waals surface area contributed by atoms with Crippen LogP contribution in [0, 0.1) is 0 Å². The molecular formula is C14H21Br2N. The maximum absolute atomic E-state index is 4.82. The molecule has 0 aliphatic rings.